The Balaban J connectivity index is 1.33. The summed E-state index contributed by atoms with van der Waals surface area (Å²) in [6, 6.07) is 0. The van der Waals surface area contributed by atoms with Crippen molar-refractivity contribution in [3.63, 3.8) is 0 Å². The molecule has 2 N–H and O–H groups in total. The number of thioether (sulfide) groups is 1. The van der Waals surface area contributed by atoms with Crippen molar-refractivity contribution in [3.8, 4) is 0 Å². The Morgan fingerprint density at radius 3 is 2.91 bits per heavy atom. The molecular formula is C21H25N7O2S2. The summed E-state index contributed by atoms with van der Waals surface area (Å²) in [5.74, 6) is 1.92. The first kappa shape index (κ1) is 21.2. The van der Waals surface area contributed by atoms with Gasteiger partial charge >= 0.3 is 5.69 Å². The van der Waals surface area contributed by atoms with E-state index in [1.54, 1.807) is 36.3 Å². The predicted octanol–water partition coefficient (Wildman–Crippen LogP) is 2.33. The van der Waals surface area contributed by atoms with Gasteiger partial charge in [0.15, 0.2) is 16.3 Å². The third-order valence-corrected chi connectivity index (χ3v) is 8.20. The van der Waals surface area contributed by atoms with Gasteiger partial charge in [0.2, 0.25) is 0 Å². The number of nitrogens with zero attached hydrogens (tertiary/aromatic N) is 6. The molecule has 5 rings (SSSR count). The number of imidazole rings is 1. The first-order chi connectivity index (χ1) is 15.3. The first-order valence-corrected chi connectivity index (χ1v) is 12.5. The molecule has 0 bridgehead atoms. The Morgan fingerprint density at radius 2 is 2.09 bits per heavy atom. The second-order valence-electron chi connectivity index (χ2n) is 8.45. The molecule has 0 saturated carbocycles. The first-order valence-electron chi connectivity index (χ1n) is 10.7. The van der Waals surface area contributed by atoms with Crippen LogP contribution in [0.5, 0.6) is 0 Å². The van der Waals surface area contributed by atoms with Gasteiger partial charge in [-0.15, -0.1) is 11.3 Å². The highest BCUT2D eigenvalue weighted by atomic mass is 32.2. The molecule has 0 fully saturated rings. The van der Waals surface area contributed by atoms with Crippen molar-refractivity contribution in [1.82, 2.24) is 28.7 Å². The van der Waals surface area contributed by atoms with Crippen molar-refractivity contribution in [2.45, 2.75) is 44.3 Å². The van der Waals surface area contributed by atoms with Gasteiger partial charge in [0.25, 0.3) is 5.56 Å². The second kappa shape index (κ2) is 8.04. The summed E-state index contributed by atoms with van der Waals surface area (Å²) in [5, 5.41) is 1.67. The van der Waals surface area contributed by atoms with Gasteiger partial charge in [-0.05, 0) is 37.2 Å². The number of nitrogens with two attached hydrogens (primary N) is 1. The molecule has 0 saturated heterocycles. The number of nitrogen functional groups attached to an aromatic ring is 1. The summed E-state index contributed by atoms with van der Waals surface area (Å²) in [6.07, 6.45) is 5.48. The standard InChI is InChI=1S/C21H25N7O2S2/c1-11-5-6-12-13(9-11)32-18-14(12)16(22)24-20(25-18)31-8-4-7-28-19(29)15-17(23-10-26(15)2)27(3)21(28)30/h10-11H,4-9H2,1-3H3,(H2,22,24,25). The molecule has 0 radical (unpaired) electrons. The molecule has 0 amide bonds. The van der Waals surface area contributed by atoms with E-state index in [9.17, 15) is 9.59 Å². The van der Waals surface area contributed by atoms with Crippen LogP contribution in [0.15, 0.2) is 21.1 Å². The number of hydrogen-bond acceptors (Lipinski definition) is 8. The molecule has 168 valence electrons. The smallest absolute Gasteiger partial charge is 0.332 e. The largest absolute Gasteiger partial charge is 0.383 e. The van der Waals surface area contributed by atoms with Crippen LogP contribution in [0.1, 0.15) is 30.2 Å². The molecule has 1 unspecified atom stereocenters. The Kier molecular flexibility index (Phi) is 5.32. The molecule has 1 aliphatic rings. The quantitative estimate of drug-likeness (QED) is 0.270. The van der Waals surface area contributed by atoms with E-state index in [0.29, 0.717) is 46.8 Å². The lowest BCUT2D eigenvalue weighted by Crippen LogP contribution is -2.39. The van der Waals surface area contributed by atoms with Crippen molar-refractivity contribution >= 4 is 50.3 Å². The van der Waals surface area contributed by atoms with Gasteiger partial charge in [-0.3, -0.25) is 13.9 Å². The molecule has 0 aromatic carbocycles. The summed E-state index contributed by atoms with van der Waals surface area (Å²) in [4.78, 5) is 41.2. The van der Waals surface area contributed by atoms with E-state index in [4.69, 9.17) is 10.7 Å². The van der Waals surface area contributed by atoms with Crippen molar-refractivity contribution in [1.29, 1.82) is 0 Å². The maximum absolute atomic E-state index is 12.8. The molecule has 1 atom stereocenters. The average Bonchev–Trinajstić information content (AvgIpc) is 3.31. The van der Waals surface area contributed by atoms with Crippen LogP contribution in [-0.2, 0) is 33.5 Å². The van der Waals surface area contributed by atoms with Crippen LogP contribution in [0.3, 0.4) is 0 Å². The van der Waals surface area contributed by atoms with Crippen LogP contribution in [-0.4, -0.2) is 34.4 Å². The topological polar surface area (TPSA) is 114 Å². The minimum atomic E-state index is -0.355. The van der Waals surface area contributed by atoms with Crippen LogP contribution in [0, 0.1) is 5.92 Å². The van der Waals surface area contributed by atoms with Crippen molar-refractivity contribution in [2.24, 2.45) is 20.0 Å². The SMILES string of the molecule is CC1CCc2c(sc3nc(SCCCn4c(=O)c5c(ncn5C)n(C)c4=O)nc(N)c23)C1. The van der Waals surface area contributed by atoms with E-state index in [-0.39, 0.29) is 11.2 Å². The maximum Gasteiger partial charge on any atom is 0.332 e. The summed E-state index contributed by atoms with van der Waals surface area (Å²) in [7, 11) is 3.39. The zero-order valence-corrected chi connectivity index (χ0v) is 19.9. The lowest BCUT2D eigenvalue weighted by atomic mass is 9.89. The molecule has 4 heterocycles. The molecule has 0 aliphatic heterocycles. The fourth-order valence-electron chi connectivity index (χ4n) is 4.39. The van der Waals surface area contributed by atoms with E-state index in [1.807, 2.05) is 0 Å². The highest BCUT2D eigenvalue weighted by molar-refractivity contribution is 7.99. The van der Waals surface area contributed by atoms with Crippen LogP contribution >= 0.6 is 23.1 Å². The van der Waals surface area contributed by atoms with Gasteiger partial charge in [0.1, 0.15) is 10.6 Å². The molecule has 4 aromatic rings. The maximum atomic E-state index is 12.8. The molecule has 11 heteroatoms. The average molecular weight is 472 g/mol. The fraction of sp³-hybridized carbons (Fsp3) is 0.476. The Labute approximate surface area is 192 Å². The highest BCUT2D eigenvalue weighted by Gasteiger charge is 2.23. The third kappa shape index (κ3) is 3.43. The molecule has 1 aliphatic carbocycles. The number of aromatic nitrogens is 6. The Bertz CT molecular complexity index is 1460. The van der Waals surface area contributed by atoms with E-state index >= 15 is 0 Å². The number of fused-ring (bicyclic) bond motifs is 4. The molecule has 4 aromatic heterocycles. The van der Waals surface area contributed by atoms with E-state index in [0.717, 1.165) is 23.1 Å². The molecular weight excluding hydrogens is 446 g/mol. The number of anilines is 1. The van der Waals surface area contributed by atoms with Crippen LogP contribution in [0.2, 0.25) is 0 Å². The van der Waals surface area contributed by atoms with E-state index in [2.05, 4.69) is 16.9 Å². The number of aryl methyl sites for hydroxylation is 3. The third-order valence-electron chi connectivity index (χ3n) is 6.12. The summed E-state index contributed by atoms with van der Waals surface area (Å²) >= 11 is 3.24. The Hall–Kier alpha value is -2.66. The minimum absolute atomic E-state index is 0.312. The van der Waals surface area contributed by atoms with Gasteiger partial charge in [-0.1, -0.05) is 18.7 Å². The van der Waals surface area contributed by atoms with Crippen LogP contribution < -0.4 is 17.0 Å². The van der Waals surface area contributed by atoms with Gasteiger partial charge in [0.05, 0.1) is 11.7 Å². The fourth-order valence-corrected chi connectivity index (χ4v) is 6.62. The highest BCUT2D eigenvalue weighted by Crippen LogP contribution is 2.39. The van der Waals surface area contributed by atoms with Crippen molar-refractivity contribution in [3.05, 3.63) is 37.6 Å². The van der Waals surface area contributed by atoms with Crippen LogP contribution in [0.25, 0.3) is 21.4 Å². The van der Waals surface area contributed by atoms with E-state index < -0.39 is 0 Å². The Morgan fingerprint density at radius 1 is 1.28 bits per heavy atom. The second-order valence-corrected chi connectivity index (χ2v) is 10.6. The van der Waals surface area contributed by atoms with Crippen LogP contribution in [0.4, 0.5) is 5.82 Å². The van der Waals surface area contributed by atoms with Crippen molar-refractivity contribution in [2.75, 3.05) is 11.5 Å². The van der Waals surface area contributed by atoms with Crippen molar-refractivity contribution < 1.29 is 0 Å². The number of thiophene rings is 1. The summed E-state index contributed by atoms with van der Waals surface area (Å²) < 4.78 is 4.34. The lowest BCUT2D eigenvalue weighted by Gasteiger charge is -2.17. The van der Waals surface area contributed by atoms with Gasteiger partial charge in [-0.25, -0.2) is 19.7 Å². The zero-order chi connectivity index (χ0) is 22.6. The molecule has 9 nitrogen and oxygen atoms in total. The van der Waals surface area contributed by atoms with Gasteiger partial charge < -0.3 is 10.3 Å². The number of hydrogen-bond donors (Lipinski definition) is 1. The normalized spacial score (nSPS) is 16.2. The summed E-state index contributed by atoms with van der Waals surface area (Å²) in [6.45, 7) is 2.61. The van der Waals surface area contributed by atoms with Gasteiger partial charge in [-0.2, -0.15) is 0 Å². The summed E-state index contributed by atoms with van der Waals surface area (Å²) in [5.41, 5.74) is 7.81. The predicted molar refractivity (Wildman–Crippen MR) is 129 cm³/mol. The minimum Gasteiger partial charge on any atom is -0.383 e. The van der Waals surface area contributed by atoms with Gasteiger partial charge in [0, 0.05) is 31.3 Å². The van der Waals surface area contributed by atoms with E-state index in [1.165, 1.54) is 37.8 Å². The zero-order valence-electron chi connectivity index (χ0n) is 18.3. The number of rotatable bonds is 5. The molecule has 32 heavy (non-hydrogen) atoms. The monoisotopic (exact) mass is 471 g/mol. The molecule has 0 spiro atoms. The lowest BCUT2D eigenvalue weighted by molar-refractivity contribution is 0.509.